The molecule has 0 N–H and O–H groups in total. The molecule has 16 heavy (non-hydrogen) atoms. The summed E-state index contributed by atoms with van der Waals surface area (Å²) in [7, 11) is 0. The first-order valence-corrected chi connectivity index (χ1v) is 5.09. The van der Waals surface area contributed by atoms with Crippen LogP contribution < -0.4 is 0 Å². The van der Waals surface area contributed by atoms with Gasteiger partial charge in [0.15, 0.2) is 0 Å². The van der Waals surface area contributed by atoms with E-state index >= 15 is 0 Å². The van der Waals surface area contributed by atoms with Gasteiger partial charge < -0.3 is 0 Å². The van der Waals surface area contributed by atoms with Crippen LogP contribution in [0.1, 0.15) is 5.56 Å². The van der Waals surface area contributed by atoms with Crippen LogP contribution in [0.5, 0.6) is 0 Å². The van der Waals surface area contributed by atoms with Gasteiger partial charge in [0.2, 0.25) is 0 Å². The van der Waals surface area contributed by atoms with Gasteiger partial charge in [-0.15, -0.1) is 0 Å². The molecule has 81 valence electrons. The Bertz CT molecular complexity index is 512. The molecule has 0 aliphatic rings. The van der Waals surface area contributed by atoms with Crippen LogP contribution in [0.3, 0.4) is 0 Å². The van der Waals surface area contributed by atoms with Crippen molar-refractivity contribution in [3.8, 4) is 11.1 Å². The van der Waals surface area contributed by atoms with Crippen molar-refractivity contribution in [2.45, 2.75) is 6.92 Å². The zero-order chi connectivity index (χ0) is 11.7. The maximum atomic E-state index is 13.7. The Morgan fingerprint density at radius 1 is 1.19 bits per heavy atom. The number of hydrogen-bond acceptors (Lipinski definition) is 0. The molecule has 0 nitrogen and oxygen atoms in total. The van der Waals surface area contributed by atoms with Crippen LogP contribution in [0, 0.1) is 24.6 Å². The second kappa shape index (κ2) is 4.22. The van der Waals surface area contributed by atoms with Crippen LogP contribution in [0.2, 0.25) is 5.02 Å². The van der Waals surface area contributed by atoms with Gasteiger partial charge in [-0.05, 0) is 24.6 Å². The van der Waals surface area contributed by atoms with E-state index in [4.69, 9.17) is 11.6 Å². The van der Waals surface area contributed by atoms with E-state index in [1.807, 2.05) is 0 Å². The number of benzene rings is 2. The highest BCUT2D eigenvalue weighted by molar-refractivity contribution is 6.33. The van der Waals surface area contributed by atoms with E-state index in [2.05, 4.69) is 6.07 Å². The highest BCUT2D eigenvalue weighted by Crippen LogP contribution is 2.32. The molecule has 0 aliphatic carbocycles. The lowest BCUT2D eigenvalue weighted by molar-refractivity contribution is 0.588. The average Bonchev–Trinajstić information content (AvgIpc) is 2.19. The monoisotopic (exact) mass is 237 g/mol. The zero-order valence-corrected chi connectivity index (χ0v) is 9.28. The Morgan fingerprint density at radius 3 is 2.38 bits per heavy atom. The van der Waals surface area contributed by atoms with Crippen molar-refractivity contribution < 1.29 is 8.78 Å². The summed E-state index contributed by atoms with van der Waals surface area (Å²) < 4.78 is 27.3. The van der Waals surface area contributed by atoms with E-state index in [0.29, 0.717) is 11.1 Å². The van der Waals surface area contributed by atoms with Gasteiger partial charge >= 0.3 is 0 Å². The Hall–Kier alpha value is -1.41. The Morgan fingerprint density at radius 2 is 1.81 bits per heavy atom. The van der Waals surface area contributed by atoms with Crippen molar-refractivity contribution in [3.05, 3.63) is 58.6 Å². The van der Waals surface area contributed by atoms with Crippen LogP contribution in [-0.2, 0) is 0 Å². The quantitative estimate of drug-likeness (QED) is 0.690. The van der Waals surface area contributed by atoms with Crippen molar-refractivity contribution in [1.82, 2.24) is 0 Å². The summed E-state index contributed by atoms with van der Waals surface area (Å²) in [6, 6.07) is 10.1. The second-order valence-electron chi connectivity index (χ2n) is 3.50. The first kappa shape index (κ1) is 11.1. The molecule has 0 aromatic heterocycles. The van der Waals surface area contributed by atoms with E-state index in [1.54, 1.807) is 25.1 Å². The summed E-state index contributed by atoms with van der Waals surface area (Å²) in [5.41, 5.74) is 0.751. The molecular formula is C13H8ClF2. The third-order valence-electron chi connectivity index (χ3n) is 2.26. The average molecular weight is 238 g/mol. The summed E-state index contributed by atoms with van der Waals surface area (Å²) >= 11 is 5.85. The summed E-state index contributed by atoms with van der Waals surface area (Å²) in [5, 5.41) is 0.212. The third-order valence-corrected chi connectivity index (χ3v) is 2.57. The highest BCUT2D eigenvalue weighted by atomic mass is 35.5. The lowest BCUT2D eigenvalue weighted by Crippen LogP contribution is -1.92. The topological polar surface area (TPSA) is 0 Å². The van der Waals surface area contributed by atoms with E-state index in [1.165, 1.54) is 12.1 Å². The Kier molecular flexibility index (Phi) is 2.92. The largest absolute Gasteiger partial charge is 0.206 e. The molecule has 2 aromatic rings. The van der Waals surface area contributed by atoms with Crippen LogP contribution in [0.4, 0.5) is 8.78 Å². The molecule has 0 aliphatic heterocycles. The van der Waals surface area contributed by atoms with Gasteiger partial charge in [0.05, 0.1) is 10.6 Å². The van der Waals surface area contributed by atoms with Crippen LogP contribution in [0.25, 0.3) is 11.1 Å². The maximum absolute atomic E-state index is 13.7. The molecule has 1 radical (unpaired) electrons. The minimum absolute atomic E-state index is 0.104. The summed E-state index contributed by atoms with van der Waals surface area (Å²) in [6.45, 7) is 1.63. The van der Waals surface area contributed by atoms with Crippen molar-refractivity contribution in [1.29, 1.82) is 0 Å². The van der Waals surface area contributed by atoms with Crippen molar-refractivity contribution in [2.24, 2.45) is 0 Å². The molecule has 0 saturated carbocycles. The summed E-state index contributed by atoms with van der Waals surface area (Å²) in [6.07, 6.45) is 0. The maximum Gasteiger partial charge on any atom is 0.134 e. The first-order valence-electron chi connectivity index (χ1n) is 4.72. The second-order valence-corrected chi connectivity index (χ2v) is 3.88. The summed E-state index contributed by atoms with van der Waals surface area (Å²) in [5.74, 6) is -1.22. The van der Waals surface area contributed by atoms with Crippen LogP contribution >= 0.6 is 11.6 Å². The van der Waals surface area contributed by atoms with Gasteiger partial charge in [0.1, 0.15) is 11.6 Å². The molecular weight excluding hydrogens is 230 g/mol. The van der Waals surface area contributed by atoms with Crippen molar-refractivity contribution in [3.63, 3.8) is 0 Å². The molecule has 3 heteroatoms. The minimum Gasteiger partial charge on any atom is -0.206 e. The molecule has 2 rings (SSSR count). The smallest absolute Gasteiger partial charge is 0.134 e. The van der Waals surface area contributed by atoms with E-state index in [0.717, 1.165) is 0 Å². The van der Waals surface area contributed by atoms with Gasteiger partial charge in [0, 0.05) is 11.6 Å². The predicted octanol–water partition coefficient (Wildman–Crippen LogP) is 4.39. The highest BCUT2D eigenvalue weighted by Gasteiger charge is 2.14. The number of hydrogen-bond donors (Lipinski definition) is 0. The van der Waals surface area contributed by atoms with Crippen LogP contribution in [0.15, 0.2) is 30.3 Å². The number of aryl methyl sites for hydroxylation is 1. The normalized spacial score (nSPS) is 10.5. The Balaban J connectivity index is 2.70. The minimum atomic E-state index is -0.612. The number of halogens is 3. The van der Waals surface area contributed by atoms with Crippen molar-refractivity contribution in [2.75, 3.05) is 0 Å². The molecule has 0 spiro atoms. The fraction of sp³-hybridized carbons (Fsp3) is 0.0769. The lowest BCUT2D eigenvalue weighted by Gasteiger charge is -2.07. The predicted molar refractivity (Wildman–Crippen MR) is 60.4 cm³/mol. The van der Waals surface area contributed by atoms with Gasteiger partial charge in [-0.25, -0.2) is 8.78 Å². The SMILES string of the molecule is Cc1cc(F)c(-c2ccc[c]c2Cl)c(F)c1. The molecule has 0 saturated heterocycles. The standard InChI is InChI=1S/C13H8ClF2/c1-8-6-11(15)13(12(16)7-8)9-4-2-3-5-10(9)14/h2-4,6-7H,1H3. The van der Waals surface area contributed by atoms with Gasteiger partial charge in [-0.3, -0.25) is 0 Å². The fourth-order valence-electron chi connectivity index (χ4n) is 1.57. The van der Waals surface area contributed by atoms with E-state index in [-0.39, 0.29) is 10.6 Å². The van der Waals surface area contributed by atoms with Gasteiger partial charge in [0.25, 0.3) is 0 Å². The van der Waals surface area contributed by atoms with E-state index in [9.17, 15) is 8.78 Å². The third kappa shape index (κ3) is 1.93. The number of rotatable bonds is 1. The molecule has 0 fully saturated rings. The van der Waals surface area contributed by atoms with Gasteiger partial charge in [-0.1, -0.05) is 29.8 Å². The van der Waals surface area contributed by atoms with E-state index < -0.39 is 11.6 Å². The molecule has 2 aromatic carbocycles. The van der Waals surface area contributed by atoms with Crippen molar-refractivity contribution >= 4 is 11.6 Å². The molecule has 0 atom stereocenters. The molecule has 0 unspecified atom stereocenters. The molecule has 0 heterocycles. The Labute approximate surface area is 97.5 Å². The fourth-order valence-corrected chi connectivity index (χ4v) is 1.79. The van der Waals surface area contributed by atoms with Gasteiger partial charge in [-0.2, -0.15) is 0 Å². The lowest BCUT2D eigenvalue weighted by atomic mass is 10.0. The zero-order valence-electron chi connectivity index (χ0n) is 8.52. The summed E-state index contributed by atoms with van der Waals surface area (Å²) in [4.78, 5) is 0. The molecule has 0 bridgehead atoms. The first-order chi connectivity index (χ1) is 7.59. The van der Waals surface area contributed by atoms with Crippen LogP contribution in [-0.4, -0.2) is 0 Å². The molecule has 0 amide bonds.